The van der Waals surface area contributed by atoms with Crippen molar-refractivity contribution in [1.82, 2.24) is 9.97 Å². The van der Waals surface area contributed by atoms with Gasteiger partial charge in [0.25, 0.3) is 0 Å². The normalized spacial score (nSPS) is 13.8. The highest BCUT2D eigenvalue weighted by Gasteiger charge is 2.15. The Morgan fingerprint density at radius 2 is 2.06 bits per heavy atom. The van der Waals surface area contributed by atoms with Crippen LogP contribution < -0.4 is 4.90 Å². The molecule has 1 saturated heterocycles. The fourth-order valence-electron chi connectivity index (χ4n) is 1.98. The van der Waals surface area contributed by atoms with Crippen molar-refractivity contribution in [1.29, 1.82) is 5.26 Å². The molecule has 88 valence electrons. The van der Waals surface area contributed by atoms with Crippen molar-refractivity contribution in [2.24, 2.45) is 0 Å². The van der Waals surface area contributed by atoms with Gasteiger partial charge in [0, 0.05) is 31.0 Å². The molecule has 18 heavy (non-hydrogen) atoms. The van der Waals surface area contributed by atoms with Gasteiger partial charge >= 0.3 is 0 Å². The zero-order valence-corrected chi connectivity index (χ0v) is 9.87. The summed E-state index contributed by atoms with van der Waals surface area (Å²) >= 11 is 0. The molecule has 3 rings (SSSR count). The predicted octanol–water partition coefficient (Wildman–Crippen LogP) is 2.23. The SMILES string of the molecule is N#Cc1cccnc1-c1ccc(N2CCC2)nc1. The molecule has 0 saturated carbocycles. The summed E-state index contributed by atoms with van der Waals surface area (Å²) in [6.45, 7) is 2.17. The van der Waals surface area contributed by atoms with E-state index in [9.17, 15) is 0 Å². The van der Waals surface area contributed by atoms with Crippen LogP contribution in [0.25, 0.3) is 11.3 Å². The van der Waals surface area contributed by atoms with Crippen LogP contribution in [0.3, 0.4) is 0 Å². The van der Waals surface area contributed by atoms with E-state index < -0.39 is 0 Å². The van der Waals surface area contributed by atoms with Crippen molar-refractivity contribution in [3.63, 3.8) is 0 Å². The molecule has 1 aliphatic heterocycles. The lowest BCUT2D eigenvalue weighted by atomic mass is 10.1. The standard InChI is InChI=1S/C14H12N4/c15-9-11-3-1-6-16-14(11)12-4-5-13(17-10-12)18-7-2-8-18/h1,3-6,10H,2,7-8H2. The lowest BCUT2D eigenvalue weighted by Crippen LogP contribution is -2.37. The smallest absolute Gasteiger partial charge is 0.128 e. The summed E-state index contributed by atoms with van der Waals surface area (Å²) in [4.78, 5) is 10.9. The third-order valence-electron chi connectivity index (χ3n) is 3.13. The molecule has 0 radical (unpaired) electrons. The lowest BCUT2D eigenvalue weighted by Gasteiger charge is -2.31. The van der Waals surface area contributed by atoms with Gasteiger partial charge in [-0.05, 0) is 30.7 Å². The second kappa shape index (κ2) is 4.46. The predicted molar refractivity (Wildman–Crippen MR) is 69.0 cm³/mol. The Hall–Kier alpha value is -2.41. The number of pyridine rings is 2. The molecule has 0 aliphatic carbocycles. The van der Waals surface area contributed by atoms with Crippen molar-refractivity contribution in [2.45, 2.75) is 6.42 Å². The van der Waals surface area contributed by atoms with Crippen molar-refractivity contribution in [3.8, 4) is 17.3 Å². The summed E-state index contributed by atoms with van der Waals surface area (Å²) in [6, 6.07) is 9.66. The molecule has 0 unspecified atom stereocenters. The summed E-state index contributed by atoms with van der Waals surface area (Å²) < 4.78 is 0. The minimum absolute atomic E-state index is 0.580. The number of anilines is 1. The number of hydrogen-bond donors (Lipinski definition) is 0. The molecule has 0 aromatic carbocycles. The van der Waals surface area contributed by atoms with Crippen LogP contribution in [0.2, 0.25) is 0 Å². The molecule has 4 heteroatoms. The van der Waals surface area contributed by atoms with Crippen LogP contribution >= 0.6 is 0 Å². The first-order valence-corrected chi connectivity index (χ1v) is 5.95. The number of rotatable bonds is 2. The Kier molecular flexibility index (Phi) is 2.66. The molecule has 4 nitrogen and oxygen atoms in total. The average molecular weight is 236 g/mol. The van der Waals surface area contributed by atoms with Crippen LogP contribution in [0, 0.1) is 11.3 Å². The van der Waals surface area contributed by atoms with Gasteiger partial charge in [0.15, 0.2) is 0 Å². The molecular formula is C14H12N4. The Balaban J connectivity index is 1.95. The zero-order chi connectivity index (χ0) is 12.4. The van der Waals surface area contributed by atoms with Gasteiger partial charge in [-0.2, -0.15) is 5.26 Å². The van der Waals surface area contributed by atoms with Crippen LogP contribution in [0.4, 0.5) is 5.82 Å². The minimum atomic E-state index is 0.580. The highest BCUT2D eigenvalue weighted by molar-refractivity contribution is 5.66. The molecule has 0 atom stereocenters. The van der Waals surface area contributed by atoms with Gasteiger partial charge in [0.1, 0.15) is 11.9 Å². The van der Waals surface area contributed by atoms with Crippen molar-refractivity contribution in [2.75, 3.05) is 18.0 Å². The lowest BCUT2D eigenvalue weighted by molar-refractivity contribution is 0.610. The molecule has 2 aromatic heterocycles. The molecule has 1 aliphatic rings. The van der Waals surface area contributed by atoms with Crippen molar-refractivity contribution in [3.05, 3.63) is 42.2 Å². The second-order valence-electron chi connectivity index (χ2n) is 4.26. The van der Waals surface area contributed by atoms with E-state index in [-0.39, 0.29) is 0 Å². The van der Waals surface area contributed by atoms with E-state index >= 15 is 0 Å². The number of aromatic nitrogens is 2. The van der Waals surface area contributed by atoms with E-state index in [1.54, 1.807) is 24.5 Å². The molecular weight excluding hydrogens is 224 g/mol. The molecule has 0 bridgehead atoms. The van der Waals surface area contributed by atoms with Gasteiger partial charge in [-0.25, -0.2) is 4.98 Å². The summed E-state index contributed by atoms with van der Waals surface area (Å²) in [5.41, 5.74) is 2.16. The highest BCUT2D eigenvalue weighted by Crippen LogP contribution is 2.23. The van der Waals surface area contributed by atoms with E-state index in [1.807, 2.05) is 12.1 Å². The molecule has 3 heterocycles. The summed E-state index contributed by atoms with van der Waals surface area (Å²) in [7, 11) is 0. The van der Waals surface area contributed by atoms with Crippen LogP contribution in [0.15, 0.2) is 36.7 Å². The van der Waals surface area contributed by atoms with Crippen LogP contribution in [-0.4, -0.2) is 23.1 Å². The third kappa shape index (κ3) is 1.80. The Bertz CT molecular complexity index is 594. The van der Waals surface area contributed by atoms with E-state index in [0.717, 1.165) is 24.5 Å². The van der Waals surface area contributed by atoms with Gasteiger partial charge < -0.3 is 4.90 Å². The average Bonchev–Trinajstić information content (AvgIpc) is 2.38. The summed E-state index contributed by atoms with van der Waals surface area (Å²) in [6.07, 6.45) is 4.72. The van der Waals surface area contributed by atoms with Crippen LogP contribution in [0.5, 0.6) is 0 Å². The molecule has 1 fully saturated rings. The molecule has 0 spiro atoms. The van der Waals surface area contributed by atoms with Gasteiger partial charge in [-0.15, -0.1) is 0 Å². The first-order chi connectivity index (χ1) is 8.88. The maximum Gasteiger partial charge on any atom is 0.128 e. The fraction of sp³-hybridized carbons (Fsp3) is 0.214. The molecule has 2 aromatic rings. The molecule has 0 N–H and O–H groups in total. The fourth-order valence-corrected chi connectivity index (χ4v) is 1.98. The van der Waals surface area contributed by atoms with Gasteiger partial charge in [-0.1, -0.05) is 0 Å². The number of hydrogen-bond acceptors (Lipinski definition) is 4. The first kappa shape index (κ1) is 10.7. The van der Waals surface area contributed by atoms with E-state index in [1.165, 1.54) is 6.42 Å². The number of nitrogens with zero attached hydrogens (tertiary/aromatic N) is 4. The van der Waals surface area contributed by atoms with Crippen molar-refractivity contribution < 1.29 is 0 Å². The molecule has 0 amide bonds. The quantitative estimate of drug-likeness (QED) is 0.802. The van der Waals surface area contributed by atoms with Crippen LogP contribution in [0.1, 0.15) is 12.0 Å². The Morgan fingerprint density at radius 1 is 1.17 bits per heavy atom. The van der Waals surface area contributed by atoms with Crippen LogP contribution in [-0.2, 0) is 0 Å². The highest BCUT2D eigenvalue weighted by atomic mass is 15.2. The topological polar surface area (TPSA) is 52.8 Å². The maximum atomic E-state index is 9.05. The van der Waals surface area contributed by atoms with E-state index in [4.69, 9.17) is 5.26 Å². The second-order valence-corrected chi connectivity index (χ2v) is 4.26. The summed E-state index contributed by atoms with van der Waals surface area (Å²) in [5, 5.41) is 9.05. The maximum absolute atomic E-state index is 9.05. The minimum Gasteiger partial charge on any atom is -0.356 e. The largest absolute Gasteiger partial charge is 0.356 e. The zero-order valence-electron chi connectivity index (χ0n) is 9.87. The van der Waals surface area contributed by atoms with E-state index in [0.29, 0.717) is 11.3 Å². The van der Waals surface area contributed by atoms with Crippen molar-refractivity contribution >= 4 is 5.82 Å². The number of nitriles is 1. The Morgan fingerprint density at radius 3 is 2.67 bits per heavy atom. The first-order valence-electron chi connectivity index (χ1n) is 5.95. The third-order valence-corrected chi connectivity index (χ3v) is 3.13. The van der Waals surface area contributed by atoms with Gasteiger partial charge in [0.05, 0.1) is 11.3 Å². The monoisotopic (exact) mass is 236 g/mol. The summed E-state index contributed by atoms with van der Waals surface area (Å²) in [5.74, 6) is 0.999. The van der Waals surface area contributed by atoms with E-state index in [2.05, 4.69) is 20.9 Å². The Labute approximate surface area is 106 Å². The van der Waals surface area contributed by atoms with Gasteiger partial charge in [0.2, 0.25) is 0 Å². The van der Waals surface area contributed by atoms with Gasteiger partial charge in [-0.3, -0.25) is 4.98 Å².